The molecule has 2 rings (SSSR count). The highest BCUT2D eigenvalue weighted by Gasteiger charge is 2.19. The van der Waals surface area contributed by atoms with Crippen LogP contribution in [0.25, 0.3) is 0 Å². The summed E-state index contributed by atoms with van der Waals surface area (Å²) in [5.74, 6) is 0. The lowest BCUT2D eigenvalue weighted by Crippen LogP contribution is -1.93. The molecule has 1 unspecified atom stereocenters. The van der Waals surface area contributed by atoms with Crippen molar-refractivity contribution < 1.29 is 0 Å². The monoisotopic (exact) mass is 348 g/mol. The van der Waals surface area contributed by atoms with Crippen molar-refractivity contribution in [3.63, 3.8) is 0 Å². The molecular weight excluding hydrogens is 339 g/mol. The average molecular weight is 350 g/mol. The van der Waals surface area contributed by atoms with Gasteiger partial charge in [0.1, 0.15) is 0 Å². The normalized spacial score (nSPS) is 12.8. The van der Waals surface area contributed by atoms with Gasteiger partial charge in [0.05, 0.1) is 5.38 Å². The summed E-state index contributed by atoms with van der Waals surface area (Å²) in [6, 6.07) is 8.04. The van der Waals surface area contributed by atoms with E-state index in [2.05, 4.69) is 28.9 Å². The number of aryl methyl sites for hydroxylation is 2. The third kappa shape index (κ3) is 2.70. The highest BCUT2D eigenvalue weighted by Crippen LogP contribution is 2.42. The van der Waals surface area contributed by atoms with E-state index in [-0.39, 0.29) is 5.38 Å². The molecule has 0 N–H and O–H groups in total. The smallest absolute Gasteiger partial charge is 0.0953 e. The number of hydrogen-bond acceptors (Lipinski definition) is 1. The van der Waals surface area contributed by atoms with Gasteiger partial charge in [-0.2, -0.15) is 0 Å². The minimum absolute atomic E-state index is 0.199. The molecule has 1 atom stereocenters. The third-order valence-corrected chi connectivity index (χ3v) is 5.69. The number of halogens is 3. The van der Waals surface area contributed by atoms with E-state index in [1.807, 2.05) is 25.1 Å². The predicted octanol–water partition coefficient (Wildman–Crippen LogP) is 6.11. The van der Waals surface area contributed by atoms with Crippen molar-refractivity contribution >= 4 is 50.5 Å². The van der Waals surface area contributed by atoms with Crippen LogP contribution in [-0.2, 0) is 0 Å². The molecule has 0 saturated carbocycles. The van der Waals surface area contributed by atoms with Gasteiger partial charge in [-0.05, 0) is 47.0 Å². The summed E-state index contributed by atoms with van der Waals surface area (Å²) in [7, 11) is 0. The Morgan fingerprint density at radius 1 is 1.29 bits per heavy atom. The van der Waals surface area contributed by atoms with Crippen molar-refractivity contribution in [2.75, 3.05) is 0 Å². The van der Waals surface area contributed by atoms with E-state index in [1.165, 1.54) is 4.88 Å². The second kappa shape index (κ2) is 5.31. The minimum Gasteiger partial charge on any atom is -0.143 e. The van der Waals surface area contributed by atoms with Gasteiger partial charge in [0.25, 0.3) is 0 Å². The van der Waals surface area contributed by atoms with E-state index in [0.717, 1.165) is 25.5 Å². The molecule has 0 nitrogen and oxygen atoms in total. The molecule has 0 saturated heterocycles. The topological polar surface area (TPSA) is 0 Å². The lowest BCUT2D eigenvalue weighted by Gasteiger charge is -2.12. The van der Waals surface area contributed by atoms with Gasteiger partial charge in [0, 0.05) is 19.2 Å². The molecule has 0 aliphatic carbocycles. The Balaban J connectivity index is 2.47. The fourth-order valence-electron chi connectivity index (χ4n) is 1.68. The molecule has 0 aliphatic heterocycles. The van der Waals surface area contributed by atoms with Crippen molar-refractivity contribution in [2.24, 2.45) is 0 Å². The van der Waals surface area contributed by atoms with Gasteiger partial charge in [-0.15, -0.1) is 22.9 Å². The van der Waals surface area contributed by atoms with Crippen LogP contribution in [0.3, 0.4) is 0 Å². The first-order valence-electron chi connectivity index (χ1n) is 5.15. The summed E-state index contributed by atoms with van der Waals surface area (Å²) < 4.78 is 1.05. The van der Waals surface area contributed by atoms with Gasteiger partial charge in [-0.25, -0.2) is 0 Å². The molecule has 0 spiro atoms. The van der Waals surface area contributed by atoms with Crippen molar-refractivity contribution in [3.05, 3.63) is 54.6 Å². The molecule has 90 valence electrons. The van der Waals surface area contributed by atoms with E-state index in [4.69, 9.17) is 23.2 Å². The Bertz CT molecular complexity index is 548. The van der Waals surface area contributed by atoms with E-state index in [0.29, 0.717) is 0 Å². The van der Waals surface area contributed by atoms with Crippen molar-refractivity contribution in [3.8, 4) is 0 Å². The predicted molar refractivity (Wildman–Crippen MR) is 80.6 cm³/mol. The lowest BCUT2D eigenvalue weighted by molar-refractivity contribution is 1.16. The molecule has 0 amide bonds. The molecule has 1 aromatic carbocycles. The van der Waals surface area contributed by atoms with Crippen LogP contribution in [0.4, 0.5) is 0 Å². The van der Waals surface area contributed by atoms with E-state index >= 15 is 0 Å². The van der Waals surface area contributed by atoms with Crippen LogP contribution < -0.4 is 0 Å². The molecule has 0 bridgehead atoms. The zero-order chi connectivity index (χ0) is 12.6. The van der Waals surface area contributed by atoms with Crippen LogP contribution >= 0.6 is 50.5 Å². The molecule has 2 aromatic rings. The van der Waals surface area contributed by atoms with Gasteiger partial charge in [-0.1, -0.05) is 29.8 Å². The number of rotatable bonds is 2. The first-order valence-corrected chi connectivity index (χ1v) is 7.58. The molecule has 0 fully saturated rings. The number of benzene rings is 1. The van der Waals surface area contributed by atoms with Crippen LogP contribution in [0, 0.1) is 13.8 Å². The lowest BCUT2D eigenvalue weighted by atomic mass is 10.1. The van der Waals surface area contributed by atoms with Gasteiger partial charge in [0.15, 0.2) is 0 Å². The minimum atomic E-state index is -0.199. The molecule has 17 heavy (non-hydrogen) atoms. The Labute approximate surface area is 124 Å². The zero-order valence-electron chi connectivity index (χ0n) is 9.43. The summed E-state index contributed by atoms with van der Waals surface area (Å²) >= 11 is 18.1. The van der Waals surface area contributed by atoms with Crippen molar-refractivity contribution in [1.29, 1.82) is 0 Å². The van der Waals surface area contributed by atoms with Crippen LogP contribution in [0.2, 0.25) is 5.02 Å². The molecule has 1 aromatic heterocycles. The summed E-state index contributed by atoms with van der Waals surface area (Å²) in [6.45, 7) is 4.06. The quantitative estimate of drug-likeness (QED) is 0.574. The average Bonchev–Trinajstić information content (AvgIpc) is 2.61. The first-order chi connectivity index (χ1) is 8.00. The van der Waals surface area contributed by atoms with Crippen LogP contribution in [0.1, 0.15) is 26.3 Å². The second-order valence-electron chi connectivity index (χ2n) is 3.91. The molecule has 1 heterocycles. The Kier molecular flexibility index (Phi) is 4.19. The molecule has 0 radical (unpaired) electrons. The third-order valence-electron chi connectivity index (χ3n) is 2.56. The molecule has 4 heteroatoms. The summed E-state index contributed by atoms with van der Waals surface area (Å²) in [5.41, 5.74) is 2.02. The summed E-state index contributed by atoms with van der Waals surface area (Å²) in [5, 5.41) is 0.556. The highest BCUT2D eigenvalue weighted by molar-refractivity contribution is 9.10. The molecular formula is C13H11BrCl2S. The second-order valence-corrected chi connectivity index (χ2v) is 6.87. The Morgan fingerprint density at radius 2 is 2.00 bits per heavy atom. The number of hydrogen-bond donors (Lipinski definition) is 0. The van der Waals surface area contributed by atoms with Crippen LogP contribution in [-0.4, -0.2) is 0 Å². The number of alkyl halides is 1. The van der Waals surface area contributed by atoms with Crippen molar-refractivity contribution in [2.45, 2.75) is 19.2 Å². The maximum atomic E-state index is 6.52. The number of thiophene rings is 1. The maximum absolute atomic E-state index is 6.52. The SMILES string of the molecule is Cc1cc(Br)c(C(Cl)c2cccc(C)c2Cl)s1. The standard InChI is InChI=1S/C13H11BrCl2S/c1-7-4-3-5-9(11(7)15)12(16)13-10(14)6-8(2)17-13/h3-6,12H,1-2H3. The van der Waals surface area contributed by atoms with E-state index < -0.39 is 0 Å². The zero-order valence-corrected chi connectivity index (χ0v) is 13.3. The fraction of sp³-hybridized carbons (Fsp3) is 0.231. The van der Waals surface area contributed by atoms with Gasteiger partial charge < -0.3 is 0 Å². The largest absolute Gasteiger partial charge is 0.143 e. The maximum Gasteiger partial charge on any atom is 0.0953 e. The van der Waals surface area contributed by atoms with Gasteiger partial charge in [-0.3, -0.25) is 0 Å². The summed E-state index contributed by atoms with van der Waals surface area (Å²) in [6.07, 6.45) is 0. The Morgan fingerprint density at radius 3 is 2.59 bits per heavy atom. The van der Waals surface area contributed by atoms with Crippen LogP contribution in [0.5, 0.6) is 0 Å². The fourth-order valence-corrected chi connectivity index (χ4v) is 4.41. The van der Waals surface area contributed by atoms with Gasteiger partial charge in [0.2, 0.25) is 0 Å². The van der Waals surface area contributed by atoms with Crippen LogP contribution in [0.15, 0.2) is 28.7 Å². The van der Waals surface area contributed by atoms with E-state index in [9.17, 15) is 0 Å². The Hall–Kier alpha value is -0.0200. The highest BCUT2D eigenvalue weighted by atomic mass is 79.9. The van der Waals surface area contributed by atoms with Crippen molar-refractivity contribution in [1.82, 2.24) is 0 Å². The van der Waals surface area contributed by atoms with Gasteiger partial charge >= 0.3 is 0 Å². The molecule has 0 aliphatic rings. The first kappa shape index (κ1) is 13.4. The van der Waals surface area contributed by atoms with E-state index in [1.54, 1.807) is 11.3 Å². The summed E-state index contributed by atoms with van der Waals surface area (Å²) in [4.78, 5) is 2.35.